The van der Waals surface area contributed by atoms with Crippen LogP contribution < -0.4 is 10.6 Å². The van der Waals surface area contributed by atoms with Crippen LogP contribution in [-0.4, -0.2) is 75.7 Å². The Morgan fingerprint density at radius 1 is 1.11 bits per heavy atom. The number of likely N-dealkylation sites (N-methyl/N-ethyl adjacent to an activating group) is 1. The van der Waals surface area contributed by atoms with Gasteiger partial charge in [0.25, 0.3) is 0 Å². The van der Waals surface area contributed by atoms with Gasteiger partial charge >= 0.3 is 0 Å². The Labute approximate surface area is 183 Å². The molecule has 1 aliphatic rings. The van der Waals surface area contributed by atoms with E-state index in [2.05, 4.69) is 77.5 Å². The largest absolute Gasteiger partial charge is 0.356 e. The molecule has 2 N–H and O–H groups in total. The first-order valence-electron chi connectivity index (χ1n) is 9.90. The second-order valence-electron chi connectivity index (χ2n) is 7.86. The number of rotatable bonds is 7. The molecule has 1 saturated heterocycles. The molecule has 6 heteroatoms. The fourth-order valence-corrected chi connectivity index (χ4v) is 3.37. The zero-order valence-electron chi connectivity index (χ0n) is 17.7. The molecular formula is C21H38IN5. The molecule has 0 radical (unpaired) electrons. The number of nitrogens with one attached hydrogen (secondary N) is 2. The van der Waals surface area contributed by atoms with E-state index in [1.165, 1.54) is 37.3 Å². The van der Waals surface area contributed by atoms with E-state index in [-0.39, 0.29) is 24.0 Å². The lowest BCUT2D eigenvalue weighted by atomic mass is 9.99. The monoisotopic (exact) mass is 487 g/mol. The Balaban J connectivity index is 0.00000364. The van der Waals surface area contributed by atoms with Gasteiger partial charge in [-0.25, -0.2) is 0 Å². The van der Waals surface area contributed by atoms with Crippen molar-refractivity contribution in [3.05, 3.63) is 35.4 Å². The van der Waals surface area contributed by atoms with Crippen molar-refractivity contribution in [3.8, 4) is 0 Å². The van der Waals surface area contributed by atoms with Crippen LogP contribution in [0.4, 0.5) is 0 Å². The third-order valence-electron chi connectivity index (χ3n) is 5.19. The number of guanidine groups is 1. The molecule has 5 nitrogen and oxygen atoms in total. The Morgan fingerprint density at radius 3 is 2.41 bits per heavy atom. The van der Waals surface area contributed by atoms with Gasteiger partial charge < -0.3 is 20.4 Å². The number of nitrogens with zero attached hydrogens (tertiary/aromatic N) is 3. The van der Waals surface area contributed by atoms with Crippen LogP contribution in [0.2, 0.25) is 0 Å². The van der Waals surface area contributed by atoms with Gasteiger partial charge in [0.15, 0.2) is 5.96 Å². The maximum absolute atomic E-state index is 4.37. The molecule has 1 aliphatic heterocycles. The molecule has 27 heavy (non-hydrogen) atoms. The summed E-state index contributed by atoms with van der Waals surface area (Å²) in [6.07, 6.45) is 0. The first-order chi connectivity index (χ1) is 12.5. The molecule has 1 aromatic carbocycles. The SMILES string of the molecule is CN=C(NCC(C)CN1CCN(C)CC1)NCC(C)c1cccc(C)c1.I. The lowest BCUT2D eigenvalue weighted by Gasteiger charge is -2.34. The van der Waals surface area contributed by atoms with Gasteiger partial charge in [0.2, 0.25) is 0 Å². The van der Waals surface area contributed by atoms with Gasteiger partial charge in [0, 0.05) is 52.9 Å². The van der Waals surface area contributed by atoms with E-state index in [1.54, 1.807) is 0 Å². The van der Waals surface area contributed by atoms with Gasteiger partial charge in [-0.2, -0.15) is 0 Å². The van der Waals surface area contributed by atoms with Crippen LogP contribution in [-0.2, 0) is 0 Å². The summed E-state index contributed by atoms with van der Waals surface area (Å²) in [6, 6.07) is 8.74. The molecule has 1 heterocycles. The molecule has 0 amide bonds. The highest BCUT2D eigenvalue weighted by Gasteiger charge is 2.16. The number of aryl methyl sites for hydroxylation is 1. The average molecular weight is 487 g/mol. The predicted molar refractivity (Wildman–Crippen MR) is 127 cm³/mol. The highest BCUT2D eigenvalue weighted by Crippen LogP contribution is 2.15. The molecule has 2 unspecified atom stereocenters. The Kier molecular flexibility index (Phi) is 11.3. The van der Waals surface area contributed by atoms with E-state index in [0.717, 1.165) is 25.6 Å². The highest BCUT2D eigenvalue weighted by molar-refractivity contribution is 14.0. The number of piperazine rings is 1. The van der Waals surface area contributed by atoms with Crippen molar-refractivity contribution in [2.75, 3.05) is 59.9 Å². The Morgan fingerprint density at radius 2 is 1.78 bits per heavy atom. The van der Waals surface area contributed by atoms with Crippen LogP contribution in [0.5, 0.6) is 0 Å². The first kappa shape index (κ1) is 24.2. The zero-order chi connectivity index (χ0) is 18.9. The van der Waals surface area contributed by atoms with Crippen LogP contribution in [0.25, 0.3) is 0 Å². The van der Waals surface area contributed by atoms with Crippen molar-refractivity contribution >= 4 is 29.9 Å². The van der Waals surface area contributed by atoms with Gasteiger partial charge in [-0.3, -0.25) is 4.99 Å². The zero-order valence-corrected chi connectivity index (χ0v) is 20.0. The van der Waals surface area contributed by atoms with E-state index in [1.807, 2.05) is 7.05 Å². The van der Waals surface area contributed by atoms with Crippen LogP contribution in [0.15, 0.2) is 29.3 Å². The summed E-state index contributed by atoms with van der Waals surface area (Å²) in [5, 5.41) is 6.96. The number of benzene rings is 1. The smallest absolute Gasteiger partial charge is 0.191 e. The quantitative estimate of drug-likeness (QED) is 0.353. The normalized spacial score (nSPS) is 18.5. The molecule has 0 bridgehead atoms. The summed E-state index contributed by atoms with van der Waals surface area (Å²) in [7, 11) is 4.05. The summed E-state index contributed by atoms with van der Waals surface area (Å²) in [4.78, 5) is 9.35. The third-order valence-corrected chi connectivity index (χ3v) is 5.19. The van der Waals surface area contributed by atoms with Crippen molar-refractivity contribution in [2.24, 2.45) is 10.9 Å². The van der Waals surface area contributed by atoms with Crippen molar-refractivity contribution in [3.63, 3.8) is 0 Å². The van der Waals surface area contributed by atoms with Crippen LogP contribution in [0.1, 0.15) is 30.9 Å². The second kappa shape index (κ2) is 12.6. The molecular weight excluding hydrogens is 449 g/mol. The lowest BCUT2D eigenvalue weighted by Crippen LogP contribution is -2.47. The molecule has 2 rings (SSSR count). The molecule has 0 aliphatic carbocycles. The van der Waals surface area contributed by atoms with E-state index in [0.29, 0.717) is 11.8 Å². The number of hydrogen-bond acceptors (Lipinski definition) is 3. The van der Waals surface area contributed by atoms with Crippen LogP contribution >= 0.6 is 24.0 Å². The van der Waals surface area contributed by atoms with Crippen molar-refractivity contribution in [2.45, 2.75) is 26.7 Å². The van der Waals surface area contributed by atoms with Crippen LogP contribution in [0.3, 0.4) is 0 Å². The summed E-state index contributed by atoms with van der Waals surface area (Å²) in [6.45, 7) is 14.4. The minimum Gasteiger partial charge on any atom is -0.356 e. The second-order valence-corrected chi connectivity index (χ2v) is 7.86. The molecule has 0 saturated carbocycles. The third kappa shape index (κ3) is 8.79. The van der Waals surface area contributed by atoms with E-state index < -0.39 is 0 Å². The maximum Gasteiger partial charge on any atom is 0.191 e. The molecule has 2 atom stereocenters. The van der Waals surface area contributed by atoms with Gasteiger partial charge in [-0.1, -0.05) is 43.7 Å². The van der Waals surface area contributed by atoms with E-state index in [4.69, 9.17) is 0 Å². The fourth-order valence-electron chi connectivity index (χ4n) is 3.37. The molecule has 1 fully saturated rings. The Hall–Kier alpha value is -0.860. The molecule has 154 valence electrons. The number of aliphatic imine (C=N–C) groups is 1. The minimum absolute atomic E-state index is 0. The van der Waals surface area contributed by atoms with Crippen molar-refractivity contribution < 1.29 is 0 Å². The van der Waals surface area contributed by atoms with Crippen LogP contribution in [0, 0.1) is 12.8 Å². The topological polar surface area (TPSA) is 42.9 Å². The van der Waals surface area contributed by atoms with Gasteiger partial charge in [-0.15, -0.1) is 24.0 Å². The predicted octanol–water partition coefficient (Wildman–Crippen LogP) is 2.77. The molecule has 0 aromatic heterocycles. The highest BCUT2D eigenvalue weighted by atomic mass is 127. The Bertz CT molecular complexity index is 569. The lowest BCUT2D eigenvalue weighted by molar-refractivity contribution is 0.139. The fraction of sp³-hybridized carbons (Fsp3) is 0.667. The molecule has 1 aromatic rings. The van der Waals surface area contributed by atoms with Gasteiger partial charge in [0.05, 0.1) is 0 Å². The standard InChI is InChI=1S/C21H37N5.HI/c1-17-7-6-8-20(13-17)19(3)15-24-21(22-4)23-14-18(2)16-26-11-9-25(5)10-12-26;/h6-8,13,18-19H,9-12,14-16H2,1-5H3,(H2,22,23,24);1H. The molecule has 0 spiro atoms. The summed E-state index contributed by atoms with van der Waals surface area (Å²) in [5.74, 6) is 1.96. The van der Waals surface area contributed by atoms with E-state index in [9.17, 15) is 0 Å². The summed E-state index contributed by atoms with van der Waals surface area (Å²) in [5.41, 5.74) is 2.69. The van der Waals surface area contributed by atoms with Gasteiger partial charge in [0.1, 0.15) is 0 Å². The minimum atomic E-state index is 0. The number of halogens is 1. The summed E-state index contributed by atoms with van der Waals surface area (Å²) < 4.78 is 0. The van der Waals surface area contributed by atoms with E-state index >= 15 is 0 Å². The van der Waals surface area contributed by atoms with Crippen molar-refractivity contribution in [1.29, 1.82) is 0 Å². The van der Waals surface area contributed by atoms with Crippen molar-refractivity contribution in [1.82, 2.24) is 20.4 Å². The number of hydrogen-bond donors (Lipinski definition) is 2. The maximum atomic E-state index is 4.37. The average Bonchev–Trinajstić information content (AvgIpc) is 2.63. The summed E-state index contributed by atoms with van der Waals surface area (Å²) >= 11 is 0. The van der Waals surface area contributed by atoms with Gasteiger partial charge in [-0.05, 0) is 31.4 Å². The first-order valence-corrected chi connectivity index (χ1v) is 9.90.